The van der Waals surface area contributed by atoms with Crippen LogP contribution in [-0.4, -0.2) is 70.6 Å². The van der Waals surface area contributed by atoms with Gasteiger partial charge in [-0.1, -0.05) is 15.9 Å². The molecule has 0 aromatic carbocycles. The van der Waals surface area contributed by atoms with E-state index in [4.69, 9.17) is 25.4 Å². The summed E-state index contributed by atoms with van der Waals surface area (Å²) in [5.41, 5.74) is 0. The summed E-state index contributed by atoms with van der Waals surface area (Å²) in [7, 11) is 0. The summed E-state index contributed by atoms with van der Waals surface area (Å²) in [4.78, 5) is 10.9. The maximum atomic E-state index is 10.9. The molecule has 0 saturated carbocycles. The van der Waals surface area contributed by atoms with E-state index in [0.717, 1.165) is 0 Å². The summed E-state index contributed by atoms with van der Waals surface area (Å²) < 4.78 is 21.1. The lowest BCUT2D eigenvalue weighted by Gasteiger charge is -2.07. The zero-order valence-corrected chi connectivity index (χ0v) is 13.9. The molecular weight excluding hydrogens is 342 g/mol. The molecule has 6 nitrogen and oxygen atoms in total. The Morgan fingerprint density at radius 2 is 1.38 bits per heavy atom. The molecule has 0 unspecified atom stereocenters. The molecule has 0 aliphatic carbocycles. The second-order valence-electron chi connectivity index (χ2n) is 3.89. The first-order chi connectivity index (χ1) is 10.3. The van der Waals surface area contributed by atoms with Gasteiger partial charge in [0.1, 0.15) is 0 Å². The number of rotatable bonds is 15. The fourth-order valence-corrected chi connectivity index (χ4v) is 1.40. The SMILES string of the molecule is C#CCCOCCOCCOCCOCCNC(=O)CBr. The highest BCUT2D eigenvalue weighted by atomic mass is 79.9. The molecule has 0 radical (unpaired) electrons. The van der Waals surface area contributed by atoms with Gasteiger partial charge in [0.25, 0.3) is 0 Å². The molecular formula is C14H24BrNO5. The van der Waals surface area contributed by atoms with Crippen LogP contribution in [0.2, 0.25) is 0 Å². The molecule has 1 N–H and O–H groups in total. The van der Waals surface area contributed by atoms with Gasteiger partial charge in [0, 0.05) is 13.0 Å². The number of carbonyl (C=O) groups excluding carboxylic acids is 1. The quantitative estimate of drug-likeness (QED) is 0.261. The standard InChI is InChI=1S/C14H24BrNO5/c1-2-3-5-18-7-9-20-11-12-21-10-8-19-6-4-16-14(17)13-15/h1H,3-13H2,(H,16,17). The third-order valence-corrected chi connectivity index (χ3v) is 2.71. The van der Waals surface area contributed by atoms with Crippen molar-refractivity contribution in [2.24, 2.45) is 0 Å². The first-order valence-electron chi connectivity index (χ1n) is 6.88. The molecule has 21 heavy (non-hydrogen) atoms. The van der Waals surface area contributed by atoms with Gasteiger partial charge in [-0.15, -0.1) is 12.3 Å². The van der Waals surface area contributed by atoms with Gasteiger partial charge in [0.2, 0.25) is 5.91 Å². The van der Waals surface area contributed by atoms with Gasteiger partial charge in [-0.05, 0) is 0 Å². The fourth-order valence-electron chi connectivity index (χ4n) is 1.20. The van der Waals surface area contributed by atoms with E-state index >= 15 is 0 Å². The van der Waals surface area contributed by atoms with Gasteiger partial charge in [-0.2, -0.15) is 0 Å². The van der Waals surface area contributed by atoms with Crippen LogP contribution in [0.3, 0.4) is 0 Å². The number of terminal acetylenes is 1. The van der Waals surface area contributed by atoms with Crippen molar-refractivity contribution in [2.45, 2.75) is 6.42 Å². The van der Waals surface area contributed by atoms with Crippen LogP contribution in [0.15, 0.2) is 0 Å². The van der Waals surface area contributed by atoms with Gasteiger partial charge >= 0.3 is 0 Å². The Morgan fingerprint density at radius 1 is 0.905 bits per heavy atom. The number of hydrogen-bond acceptors (Lipinski definition) is 5. The van der Waals surface area contributed by atoms with E-state index in [1.807, 2.05) is 0 Å². The van der Waals surface area contributed by atoms with E-state index in [1.54, 1.807) is 0 Å². The zero-order chi connectivity index (χ0) is 15.6. The Hall–Kier alpha value is -0.650. The highest BCUT2D eigenvalue weighted by molar-refractivity contribution is 9.09. The average molecular weight is 366 g/mol. The predicted octanol–water partition coefficient (Wildman–Crippen LogP) is 0.587. The molecule has 0 fully saturated rings. The zero-order valence-electron chi connectivity index (χ0n) is 12.3. The van der Waals surface area contributed by atoms with E-state index in [9.17, 15) is 4.79 Å². The molecule has 7 heteroatoms. The number of nitrogens with one attached hydrogen (secondary N) is 1. The van der Waals surface area contributed by atoms with Crippen molar-refractivity contribution in [3.63, 3.8) is 0 Å². The van der Waals surface area contributed by atoms with Crippen molar-refractivity contribution in [1.82, 2.24) is 5.32 Å². The van der Waals surface area contributed by atoms with Crippen molar-refractivity contribution >= 4 is 21.8 Å². The summed E-state index contributed by atoms with van der Waals surface area (Å²) in [6.07, 6.45) is 5.71. The third kappa shape index (κ3) is 17.3. The van der Waals surface area contributed by atoms with Crippen LogP contribution in [0.5, 0.6) is 0 Å². The topological polar surface area (TPSA) is 66.0 Å². The second kappa shape index (κ2) is 17.4. The molecule has 0 bridgehead atoms. The van der Waals surface area contributed by atoms with Crippen LogP contribution in [0, 0.1) is 12.3 Å². The number of carbonyl (C=O) groups is 1. The van der Waals surface area contributed by atoms with Gasteiger partial charge < -0.3 is 24.3 Å². The second-order valence-corrected chi connectivity index (χ2v) is 4.45. The van der Waals surface area contributed by atoms with E-state index in [0.29, 0.717) is 71.2 Å². The first-order valence-corrected chi connectivity index (χ1v) is 8.00. The maximum Gasteiger partial charge on any atom is 0.230 e. The number of hydrogen-bond donors (Lipinski definition) is 1. The molecule has 0 aliphatic heterocycles. The van der Waals surface area contributed by atoms with Gasteiger partial charge in [0.15, 0.2) is 0 Å². The monoisotopic (exact) mass is 365 g/mol. The van der Waals surface area contributed by atoms with Crippen molar-refractivity contribution < 1.29 is 23.7 Å². The summed E-state index contributed by atoms with van der Waals surface area (Å²) in [6, 6.07) is 0. The molecule has 122 valence electrons. The number of alkyl halides is 1. The summed E-state index contributed by atoms with van der Waals surface area (Å²) >= 11 is 3.06. The Morgan fingerprint density at radius 3 is 1.86 bits per heavy atom. The van der Waals surface area contributed by atoms with Gasteiger partial charge in [-0.25, -0.2) is 0 Å². The third-order valence-electron chi connectivity index (χ3n) is 2.20. The van der Waals surface area contributed by atoms with Gasteiger partial charge in [-0.3, -0.25) is 4.79 Å². The molecule has 1 amide bonds. The predicted molar refractivity (Wildman–Crippen MR) is 83.5 cm³/mol. The van der Waals surface area contributed by atoms with Crippen molar-refractivity contribution in [1.29, 1.82) is 0 Å². The van der Waals surface area contributed by atoms with E-state index < -0.39 is 0 Å². The Labute approximate surface area is 135 Å². The molecule has 0 heterocycles. The highest BCUT2D eigenvalue weighted by Gasteiger charge is 1.96. The summed E-state index contributed by atoms with van der Waals surface area (Å²) in [6.45, 7) is 4.70. The Bertz CT molecular complexity index is 283. The lowest BCUT2D eigenvalue weighted by atomic mass is 10.5. The van der Waals surface area contributed by atoms with Crippen LogP contribution in [0.4, 0.5) is 0 Å². The van der Waals surface area contributed by atoms with Crippen LogP contribution in [0.25, 0.3) is 0 Å². The molecule has 0 aromatic heterocycles. The summed E-state index contributed by atoms with van der Waals surface area (Å²) in [5.74, 6) is 2.45. The lowest BCUT2D eigenvalue weighted by Crippen LogP contribution is -2.28. The van der Waals surface area contributed by atoms with Crippen LogP contribution < -0.4 is 5.32 Å². The van der Waals surface area contributed by atoms with Crippen LogP contribution >= 0.6 is 15.9 Å². The highest BCUT2D eigenvalue weighted by Crippen LogP contribution is 1.84. The molecule has 0 spiro atoms. The average Bonchev–Trinajstić information content (AvgIpc) is 2.50. The number of ether oxygens (including phenoxy) is 4. The van der Waals surface area contributed by atoms with Crippen LogP contribution in [0.1, 0.15) is 6.42 Å². The fraction of sp³-hybridized carbons (Fsp3) is 0.786. The van der Waals surface area contributed by atoms with Gasteiger partial charge in [0.05, 0.1) is 58.2 Å². The van der Waals surface area contributed by atoms with E-state index in [1.165, 1.54) is 0 Å². The lowest BCUT2D eigenvalue weighted by molar-refractivity contribution is -0.118. The minimum atomic E-state index is -0.0460. The number of halogens is 1. The molecule has 0 aromatic rings. The Balaban J connectivity index is 3.00. The van der Waals surface area contributed by atoms with E-state index in [-0.39, 0.29) is 5.91 Å². The normalized spacial score (nSPS) is 10.3. The first kappa shape index (κ1) is 20.3. The molecule has 0 saturated heterocycles. The minimum Gasteiger partial charge on any atom is -0.378 e. The maximum absolute atomic E-state index is 10.9. The molecule has 0 atom stereocenters. The summed E-state index contributed by atoms with van der Waals surface area (Å²) in [5, 5.41) is 2.99. The number of amides is 1. The smallest absolute Gasteiger partial charge is 0.230 e. The molecule has 0 rings (SSSR count). The minimum absolute atomic E-state index is 0.0460. The van der Waals surface area contributed by atoms with Crippen molar-refractivity contribution in [3.05, 3.63) is 0 Å². The largest absolute Gasteiger partial charge is 0.378 e. The van der Waals surface area contributed by atoms with E-state index in [2.05, 4.69) is 27.2 Å². The van der Waals surface area contributed by atoms with Crippen molar-refractivity contribution in [3.8, 4) is 12.3 Å². The van der Waals surface area contributed by atoms with Crippen LogP contribution in [-0.2, 0) is 23.7 Å². The molecule has 0 aliphatic rings. The van der Waals surface area contributed by atoms with Crippen molar-refractivity contribution in [2.75, 3.05) is 64.7 Å². The Kier molecular flexibility index (Phi) is 16.9.